The predicted octanol–water partition coefficient (Wildman–Crippen LogP) is 3.51. The zero-order valence-corrected chi connectivity index (χ0v) is 9.86. The maximum Gasteiger partial charge on any atom is 0.306 e. The van der Waals surface area contributed by atoms with Crippen LogP contribution in [-0.4, -0.2) is 11.1 Å². The van der Waals surface area contributed by atoms with Crippen molar-refractivity contribution in [2.45, 2.75) is 39.0 Å². The van der Waals surface area contributed by atoms with Gasteiger partial charge in [0, 0.05) is 0 Å². The van der Waals surface area contributed by atoms with Gasteiger partial charge in [0.1, 0.15) is 0 Å². The number of carbonyl (C=O) groups is 1. The number of unbranched alkanes of at least 4 members (excludes halogenated alkanes) is 2. The van der Waals surface area contributed by atoms with Gasteiger partial charge in [0.25, 0.3) is 0 Å². The van der Waals surface area contributed by atoms with Crippen LogP contribution in [0.5, 0.6) is 0 Å². The Balaban J connectivity index is 2.07. The molecular formula is C14H20O2. The van der Waals surface area contributed by atoms with Crippen molar-refractivity contribution < 1.29 is 9.90 Å². The normalized spacial score (nSPS) is 12.3. The molecule has 1 atom stereocenters. The molecule has 1 rings (SSSR count). The minimum Gasteiger partial charge on any atom is -0.481 e. The summed E-state index contributed by atoms with van der Waals surface area (Å²) in [7, 11) is 0. The lowest BCUT2D eigenvalue weighted by atomic mass is 10.0. The second-order valence-corrected chi connectivity index (χ2v) is 4.32. The zero-order valence-electron chi connectivity index (χ0n) is 9.86. The minimum absolute atomic E-state index is 0.197. The molecule has 0 radical (unpaired) electrons. The van der Waals surface area contributed by atoms with E-state index in [0.717, 1.165) is 32.1 Å². The summed E-state index contributed by atoms with van der Waals surface area (Å²) in [5, 5.41) is 8.72. The Morgan fingerprint density at radius 2 is 1.88 bits per heavy atom. The number of hydrogen-bond acceptors (Lipinski definition) is 1. The third-order valence-electron chi connectivity index (χ3n) is 2.87. The smallest absolute Gasteiger partial charge is 0.306 e. The fourth-order valence-electron chi connectivity index (χ4n) is 1.72. The summed E-state index contributed by atoms with van der Waals surface area (Å²) in [6.45, 7) is 1.78. The van der Waals surface area contributed by atoms with Gasteiger partial charge < -0.3 is 5.11 Å². The van der Waals surface area contributed by atoms with Crippen molar-refractivity contribution in [2.75, 3.05) is 0 Å². The van der Waals surface area contributed by atoms with Gasteiger partial charge in [0.05, 0.1) is 5.92 Å². The number of aryl methyl sites for hydroxylation is 1. The first-order chi connectivity index (χ1) is 7.70. The van der Waals surface area contributed by atoms with E-state index < -0.39 is 5.97 Å². The maximum absolute atomic E-state index is 10.6. The zero-order chi connectivity index (χ0) is 11.8. The molecule has 2 nitrogen and oxygen atoms in total. The van der Waals surface area contributed by atoms with E-state index in [4.69, 9.17) is 5.11 Å². The van der Waals surface area contributed by atoms with Gasteiger partial charge in [0.2, 0.25) is 0 Å². The van der Waals surface area contributed by atoms with Crippen LogP contribution >= 0.6 is 0 Å². The molecule has 0 bridgehead atoms. The first-order valence-electron chi connectivity index (χ1n) is 5.97. The molecule has 0 heterocycles. The van der Waals surface area contributed by atoms with Crippen LogP contribution in [0.1, 0.15) is 38.2 Å². The predicted molar refractivity (Wildman–Crippen MR) is 65.4 cm³/mol. The molecule has 16 heavy (non-hydrogen) atoms. The highest BCUT2D eigenvalue weighted by Gasteiger charge is 2.09. The lowest BCUT2D eigenvalue weighted by Gasteiger charge is -2.05. The molecule has 0 spiro atoms. The van der Waals surface area contributed by atoms with E-state index in [0.29, 0.717) is 0 Å². The highest BCUT2D eigenvalue weighted by Crippen LogP contribution is 2.11. The summed E-state index contributed by atoms with van der Waals surface area (Å²) in [5.74, 6) is -0.875. The molecule has 0 aliphatic rings. The van der Waals surface area contributed by atoms with Gasteiger partial charge in [-0.05, 0) is 24.8 Å². The molecule has 88 valence electrons. The summed E-state index contributed by atoms with van der Waals surface area (Å²) in [4.78, 5) is 10.6. The average Bonchev–Trinajstić information content (AvgIpc) is 2.29. The van der Waals surface area contributed by atoms with Gasteiger partial charge in [-0.1, -0.05) is 50.1 Å². The molecule has 2 heteroatoms. The van der Waals surface area contributed by atoms with Crippen LogP contribution in [0.25, 0.3) is 0 Å². The molecule has 0 aliphatic carbocycles. The quantitative estimate of drug-likeness (QED) is 0.714. The summed E-state index contributed by atoms with van der Waals surface area (Å²) in [6, 6.07) is 10.4. The Morgan fingerprint density at radius 1 is 1.19 bits per heavy atom. The Labute approximate surface area is 97.3 Å². The topological polar surface area (TPSA) is 37.3 Å². The molecule has 0 saturated carbocycles. The lowest BCUT2D eigenvalue weighted by molar-refractivity contribution is -0.141. The highest BCUT2D eigenvalue weighted by molar-refractivity contribution is 5.69. The van der Waals surface area contributed by atoms with Gasteiger partial charge >= 0.3 is 5.97 Å². The van der Waals surface area contributed by atoms with Crippen LogP contribution in [0.2, 0.25) is 0 Å². The van der Waals surface area contributed by atoms with Crippen LogP contribution < -0.4 is 0 Å². The van der Waals surface area contributed by atoms with Gasteiger partial charge in [0.15, 0.2) is 0 Å². The Kier molecular flexibility index (Phi) is 5.62. The van der Waals surface area contributed by atoms with Gasteiger partial charge in [-0.15, -0.1) is 0 Å². The van der Waals surface area contributed by atoms with E-state index in [2.05, 4.69) is 24.3 Å². The molecule has 1 unspecified atom stereocenters. The van der Waals surface area contributed by atoms with Gasteiger partial charge in [-0.25, -0.2) is 0 Å². The average molecular weight is 220 g/mol. The second kappa shape index (κ2) is 7.04. The molecule has 1 N–H and O–H groups in total. The van der Waals surface area contributed by atoms with Crippen LogP contribution in [0.4, 0.5) is 0 Å². The van der Waals surface area contributed by atoms with Crippen LogP contribution in [-0.2, 0) is 11.2 Å². The standard InChI is InChI=1S/C14H20O2/c1-12(14(15)16)8-4-2-5-9-13-10-6-3-7-11-13/h3,6-7,10-12H,2,4-5,8-9H2,1H3,(H,15,16). The first kappa shape index (κ1) is 12.8. The Morgan fingerprint density at radius 3 is 2.50 bits per heavy atom. The number of hydrogen-bond donors (Lipinski definition) is 1. The molecule has 0 amide bonds. The largest absolute Gasteiger partial charge is 0.481 e. The molecule has 0 fully saturated rings. The number of carboxylic acid groups (broad SMARTS) is 1. The van der Waals surface area contributed by atoms with Crippen molar-refractivity contribution in [3.05, 3.63) is 35.9 Å². The SMILES string of the molecule is CC(CCCCCc1ccccc1)C(=O)O. The fraction of sp³-hybridized carbons (Fsp3) is 0.500. The van der Waals surface area contributed by atoms with E-state index in [-0.39, 0.29) is 5.92 Å². The summed E-state index contributed by atoms with van der Waals surface area (Å²) < 4.78 is 0. The minimum atomic E-state index is -0.678. The number of aliphatic carboxylic acids is 1. The van der Waals surface area contributed by atoms with Crippen molar-refractivity contribution in [1.29, 1.82) is 0 Å². The molecular weight excluding hydrogens is 200 g/mol. The third-order valence-corrected chi connectivity index (χ3v) is 2.87. The number of rotatable bonds is 7. The summed E-state index contributed by atoms with van der Waals surface area (Å²) >= 11 is 0. The monoisotopic (exact) mass is 220 g/mol. The van der Waals surface area contributed by atoms with E-state index in [9.17, 15) is 4.79 Å². The van der Waals surface area contributed by atoms with E-state index in [1.54, 1.807) is 6.92 Å². The van der Waals surface area contributed by atoms with Crippen LogP contribution in [0.3, 0.4) is 0 Å². The third kappa shape index (κ3) is 4.96. The Bertz CT molecular complexity index is 306. The van der Waals surface area contributed by atoms with Crippen molar-refractivity contribution >= 4 is 5.97 Å². The number of benzene rings is 1. The van der Waals surface area contributed by atoms with E-state index >= 15 is 0 Å². The van der Waals surface area contributed by atoms with Crippen LogP contribution in [0.15, 0.2) is 30.3 Å². The molecule has 0 aliphatic heterocycles. The Hall–Kier alpha value is -1.31. The lowest BCUT2D eigenvalue weighted by Crippen LogP contribution is -2.08. The van der Waals surface area contributed by atoms with E-state index in [1.807, 2.05) is 6.07 Å². The van der Waals surface area contributed by atoms with Crippen molar-refractivity contribution in [3.8, 4) is 0 Å². The number of carboxylic acids is 1. The van der Waals surface area contributed by atoms with E-state index in [1.165, 1.54) is 5.56 Å². The van der Waals surface area contributed by atoms with Gasteiger partial charge in [-0.3, -0.25) is 4.79 Å². The summed E-state index contributed by atoms with van der Waals surface area (Å²) in [5.41, 5.74) is 1.37. The van der Waals surface area contributed by atoms with Crippen molar-refractivity contribution in [1.82, 2.24) is 0 Å². The van der Waals surface area contributed by atoms with Crippen molar-refractivity contribution in [2.24, 2.45) is 5.92 Å². The fourth-order valence-corrected chi connectivity index (χ4v) is 1.72. The second-order valence-electron chi connectivity index (χ2n) is 4.32. The first-order valence-corrected chi connectivity index (χ1v) is 5.97. The molecule has 0 aromatic heterocycles. The highest BCUT2D eigenvalue weighted by atomic mass is 16.4. The van der Waals surface area contributed by atoms with Gasteiger partial charge in [-0.2, -0.15) is 0 Å². The van der Waals surface area contributed by atoms with Crippen molar-refractivity contribution in [3.63, 3.8) is 0 Å². The maximum atomic E-state index is 10.6. The molecule has 0 saturated heterocycles. The molecule has 1 aromatic rings. The van der Waals surface area contributed by atoms with Crippen LogP contribution in [0, 0.1) is 5.92 Å². The molecule has 1 aromatic carbocycles. The summed E-state index contributed by atoms with van der Waals surface area (Å²) in [6.07, 6.45) is 5.18.